The Morgan fingerprint density at radius 3 is 2.39 bits per heavy atom. The second kappa shape index (κ2) is 8.12. The molecule has 0 fully saturated rings. The largest absolute Gasteiger partial charge is 0.354 e. The van der Waals surface area contributed by atoms with Crippen molar-refractivity contribution < 1.29 is 18.6 Å². The van der Waals surface area contributed by atoms with Gasteiger partial charge in [0.1, 0.15) is 5.82 Å². The molecule has 3 rings (SSSR count). The van der Waals surface area contributed by atoms with Gasteiger partial charge in [-0.15, -0.1) is 0 Å². The van der Waals surface area contributed by atoms with Crippen LogP contribution in [0.1, 0.15) is 45.3 Å². The van der Waals surface area contributed by atoms with Crippen molar-refractivity contribution in [3.05, 3.63) is 92.6 Å². The highest BCUT2D eigenvalue weighted by Gasteiger charge is 2.28. The van der Waals surface area contributed by atoms with E-state index in [1.807, 2.05) is 19.1 Å². The number of aromatic nitrogens is 1. The van der Waals surface area contributed by atoms with Crippen molar-refractivity contribution in [3.63, 3.8) is 0 Å². The molecule has 1 atom stereocenters. The molecular weight excluding hydrogens is 363 g/mol. The Morgan fingerprint density at radius 1 is 1.14 bits per heavy atom. The highest BCUT2D eigenvalue weighted by Crippen LogP contribution is 2.32. The zero-order valence-corrected chi connectivity index (χ0v) is 15.5. The molecule has 0 bridgehead atoms. The third kappa shape index (κ3) is 4.31. The van der Waals surface area contributed by atoms with Crippen molar-refractivity contribution in [2.24, 2.45) is 0 Å². The molecular formula is C21H19FN2O4. The van der Waals surface area contributed by atoms with Crippen LogP contribution in [0.25, 0.3) is 0 Å². The van der Waals surface area contributed by atoms with Gasteiger partial charge in [-0.1, -0.05) is 47.1 Å². The first-order valence-corrected chi connectivity index (χ1v) is 8.80. The van der Waals surface area contributed by atoms with Crippen LogP contribution in [0.15, 0.2) is 53.1 Å². The molecule has 0 aliphatic rings. The lowest BCUT2D eigenvalue weighted by molar-refractivity contribution is -0.386. The highest BCUT2D eigenvalue weighted by molar-refractivity contribution is 5.96. The van der Waals surface area contributed by atoms with E-state index in [2.05, 4.69) is 5.16 Å². The minimum absolute atomic E-state index is 0.103. The zero-order valence-electron chi connectivity index (χ0n) is 15.5. The number of hydrogen-bond donors (Lipinski definition) is 0. The maximum absolute atomic E-state index is 13.3. The Hall–Kier alpha value is -3.35. The molecule has 0 saturated heterocycles. The van der Waals surface area contributed by atoms with Crippen LogP contribution in [0, 0.1) is 29.8 Å². The zero-order chi connectivity index (χ0) is 20.3. The minimum atomic E-state index is -0.537. The van der Waals surface area contributed by atoms with Crippen molar-refractivity contribution in [1.82, 2.24) is 5.16 Å². The molecule has 7 heteroatoms. The van der Waals surface area contributed by atoms with Crippen LogP contribution in [-0.4, -0.2) is 15.9 Å². The van der Waals surface area contributed by atoms with Gasteiger partial charge in [-0.3, -0.25) is 14.9 Å². The van der Waals surface area contributed by atoms with Crippen molar-refractivity contribution >= 4 is 11.5 Å². The van der Waals surface area contributed by atoms with Gasteiger partial charge in [-0.25, -0.2) is 4.39 Å². The molecule has 2 aromatic carbocycles. The van der Waals surface area contributed by atoms with Gasteiger partial charge in [-0.05, 0) is 37.5 Å². The molecule has 3 aromatic rings. The van der Waals surface area contributed by atoms with E-state index >= 15 is 0 Å². The Bertz CT molecular complexity index is 994. The summed E-state index contributed by atoms with van der Waals surface area (Å²) in [4.78, 5) is 23.6. The lowest BCUT2D eigenvalue weighted by atomic mass is 9.87. The third-order valence-electron chi connectivity index (χ3n) is 4.66. The van der Waals surface area contributed by atoms with Crippen molar-refractivity contribution in [1.29, 1.82) is 0 Å². The summed E-state index contributed by atoms with van der Waals surface area (Å²) in [5.41, 5.74) is 2.29. The molecule has 28 heavy (non-hydrogen) atoms. The first-order chi connectivity index (χ1) is 13.3. The number of hydrogen-bond acceptors (Lipinski definition) is 5. The topological polar surface area (TPSA) is 86.2 Å². The number of aryl methyl sites for hydroxylation is 2. The second-order valence-electron chi connectivity index (χ2n) is 6.74. The van der Waals surface area contributed by atoms with Gasteiger partial charge in [-0.2, -0.15) is 0 Å². The van der Waals surface area contributed by atoms with E-state index in [-0.39, 0.29) is 35.8 Å². The number of carbonyl (C=O) groups is 1. The summed E-state index contributed by atoms with van der Waals surface area (Å²) < 4.78 is 18.5. The molecule has 0 radical (unpaired) electrons. The molecule has 0 N–H and O–H groups in total. The van der Waals surface area contributed by atoms with Crippen LogP contribution in [0.3, 0.4) is 0 Å². The molecule has 0 aliphatic carbocycles. The summed E-state index contributed by atoms with van der Waals surface area (Å²) in [6, 6.07) is 13.0. The fraction of sp³-hybridized carbons (Fsp3) is 0.238. The Labute approximate surface area is 161 Å². The van der Waals surface area contributed by atoms with Gasteiger partial charge in [0.2, 0.25) is 5.76 Å². The number of nitrogens with zero attached hydrogens (tertiary/aromatic N) is 2. The predicted molar refractivity (Wildman–Crippen MR) is 101 cm³/mol. The predicted octanol–water partition coefficient (Wildman–Crippen LogP) is 4.94. The van der Waals surface area contributed by atoms with Gasteiger partial charge in [0.25, 0.3) is 0 Å². The van der Waals surface area contributed by atoms with Gasteiger partial charge in [0.15, 0.2) is 11.5 Å². The summed E-state index contributed by atoms with van der Waals surface area (Å²) in [7, 11) is 0. The van der Waals surface area contributed by atoms with Crippen molar-refractivity contribution in [2.75, 3.05) is 0 Å². The average molecular weight is 382 g/mol. The number of ketones is 1. The summed E-state index contributed by atoms with van der Waals surface area (Å²) >= 11 is 0. The first kappa shape index (κ1) is 19.4. The monoisotopic (exact) mass is 382 g/mol. The first-order valence-electron chi connectivity index (χ1n) is 8.80. The van der Waals surface area contributed by atoms with Crippen molar-refractivity contribution in [2.45, 2.75) is 32.6 Å². The van der Waals surface area contributed by atoms with Crippen LogP contribution in [0.2, 0.25) is 0 Å². The van der Waals surface area contributed by atoms with Gasteiger partial charge < -0.3 is 4.52 Å². The number of Topliss-reactive ketones (excluding diaryl/α,β-unsaturated/α-hetero) is 1. The van der Waals surface area contributed by atoms with E-state index in [9.17, 15) is 19.3 Å². The summed E-state index contributed by atoms with van der Waals surface area (Å²) in [5.74, 6) is -0.809. The van der Waals surface area contributed by atoms with Crippen LogP contribution >= 0.6 is 0 Å². The summed E-state index contributed by atoms with van der Waals surface area (Å²) in [6.07, 6.45) is 0.214. The molecule has 0 saturated carbocycles. The number of nitro groups is 1. The van der Waals surface area contributed by atoms with Crippen molar-refractivity contribution in [3.8, 4) is 0 Å². The number of benzene rings is 2. The van der Waals surface area contributed by atoms with Gasteiger partial charge >= 0.3 is 5.69 Å². The molecule has 6 nitrogen and oxygen atoms in total. The van der Waals surface area contributed by atoms with E-state index < -0.39 is 16.7 Å². The average Bonchev–Trinajstić information content (AvgIpc) is 3.02. The molecule has 1 aromatic heterocycles. The maximum atomic E-state index is 13.3. The lowest BCUT2D eigenvalue weighted by Gasteiger charge is -2.15. The van der Waals surface area contributed by atoms with Crippen LogP contribution < -0.4 is 0 Å². The van der Waals surface area contributed by atoms with Gasteiger partial charge in [0, 0.05) is 18.4 Å². The highest BCUT2D eigenvalue weighted by atomic mass is 19.1. The molecule has 0 unspecified atom stereocenters. The third-order valence-corrected chi connectivity index (χ3v) is 4.66. The molecule has 1 heterocycles. The Morgan fingerprint density at radius 2 is 1.79 bits per heavy atom. The molecule has 0 aliphatic heterocycles. The minimum Gasteiger partial charge on any atom is -0.354 e. The number of rotatable bonds is 7. The van der Waals surface area contributed by atoms with Crippen LogP contribution in [0.4, 0.5) is 10.1 Å². The van der Waals surface area contributed by atoms with E-state index in [0.717, 1.165) is 5.56 Å². The second-order valence-corrected chi connectivity index (χ2v) is 6.74. The smallest absolute Gasteiger partial charge is 0.334 e. The normalized spacial score (nSPS) is 12.0. The van der Waals surface area contributed by atoms with E-state index in [0.29, 0.717) is 11.1 Å². The number of halogens is 1. The van der Waals surface area contributed by atoms with Crippen LogP contribution in [0.5, 0.6) is 0 Å². The molecule has 0 spiro atoms. The fourth-order valence-corrected chi connectivity index (χ4v) is 3.13. The summed E-state index contributed by atoms with van der Waals surface area (Å²) in [6.45, 7) is 3.43. The standard InChI is InChI=1S/C21H19FN2O4/c1-13-3-5-16(6-4-13)19(25)11-17(15-7-9-18(22)10-8-15)12-20-21(24(26)27)14(2)23-28-20/h3-10,17H,11-12H2,1-2H3/t17-/m1/s1. The summed E-state index contributed by atoms with van der Waals surface area (Å²) in [5, 5.41) is 15.0. The quantitative estimate of drug-likeness (QED) is 0.328. The number of carbonyl (C=O) groups excluding carboxylic acids is 1. The fourth-order valence-electron chi connectivity index (χ4n) is 3.13. The Kier molecular flexibility index (Phi) is 5.63. The van der Waals surface area contributed by atoms with E-state index in [1.54, 1.807) is 24.3 Å². The van der Waals surface area contributed by atoms with Crippen LogP contribution in [-0.2, 0) is 6.42 Å². The Balaban J connectivity index is 1.91. The van der Waals surface area contributed by atoms with Gasteiger partial charge in [0.05, 0.1) is 4.92 Å². The molecule has 144 valence electrons. The van der Waals surface area contributed by atoms with E-state index in [1.165, 1.54) is 19.1 Å². The SMILES string of the molecule is Cc1ccc(C(=O)C[C@H](Cc2onc(C)c2[N+](=O)[O-])c2ccc(F)cc2)cc1. The molecule has 0 amide bonds. The lowest BCUT2D eigenvalue weighted by Crippen LogP contribution is -2.11. The maximum Gasteiger partial charge on any atom is 0.334 e. The van der Waals surface area contributed by atoms with E-state index in [4.69, 9.17) is 4.52 Å².